The highest BCUT2D eigenvalue weighted by Crippen LogP contribution is 2.20. The van der Waals surface area contributed by atoms with E-state index in [1.807, 2.05) is 41.5 Å². The van der Waals surface area contributed by atoms with Crippen LogP contribution in [0.1, 0.15) is 73.4 Å². The molecule has 25 heavy (non-hydrogen) atoms. The number of aryl methyl sites for hydroxylation is 1. The minimum atomic E-state index is -0.545. The fourth-order valence-corrected chi connectivity index (χ4v) is 1.89. The lowest BCUT2D eigenvalue weighted by Gasteiger charge is -2.19. The Morgan fingerprint density at radius 3 is 2.00 bits per heavy atom. The molecule has 0 atom stereocenters. The highest BCUT2D eigenvalue weighted by atomic mass is 16.2. The van der Waals surface area contributed by atoms with Gasteiger partial charge in [-0.3, -0.25) is 14.9 Å². The summed E-state index contributed by atoms with van der Waals surface area (Å²) < 4.78 is 0. The van der Waals surface area contributed by atoms with E-state index in [0.29, 0.717) is 5.82 Å². The minimum Gasteiger partial charge on any atom is -0.310 e. The molecule has 6 heteroatoms. The van der Waals surface area contributed by atoms with Crippen molar-refractivity contribution < 1.29 is 9.59 Å². The number of rotatable bonds is 6. The first-order valence-electron chi connectivity index (χ1n) is 8.94. The van der Waals surface area contributed by atoms with Crippen molar-refractivity contribution in [2.45, 2.75) is 74.1 Å². The number of hydrogen-bond acceptors (Lipinski definition) is 4. The van der Waals surface area contributed by atoms with Gasteiger partial charge in [0, 0.05) is 22.6 Å². The zero-order chi connectivity index (χ0) is 19.3. The van der Waals surface area contributed by atoms with Crippen LogP contribution >= 0.6 is 0 Å². The molecule has 2 N–H and O–H groups in total. The molecule has 0 unspecified atom stereocenters. The minimum absolute atomic E-state index is 0.126. The Morgan fingerprint density at radius 1 is 0.920 bits per heavy atom. The van der Waals surface area contributed by atoms with Crippen LogP contribution in [0, 0.1) is 10.8 Å². The quantitative estimate of drug-likeness (QED) is 0.755. The average Bonchev–Trinajstić information content (AvgIpc) is 2.45. The summed E-state index contributed by atoms with van der Waals surface area (Å²) in [6.45, 7) is 13.2. The van der Waals surface area contributed by atoms with E-state index in [0.717, 1.165) is 31.4 Å². The van der Waals surface area contributed by atoms with E-state index in [1.165, 1.54) is 0 Å². The number of nitrogens with zero attached hydrogens (tertiary/aromatic N) is 2. The molecule has 0 aromatic carbocycles. The third kappa shape index (κ3) is 7.20. The molecule has 0 radical (unpaired) electrons. The van der Waals surface area contributed by atoms with Gasteiger partial charge in [-0.15, -0.1) is 0 Å². The summed E-state index contributed by atoms with van der Waals surface area (Å²) in [6, 6.07) is 1.78. The molecule has 0 fully saturated rings. The monoisotopic (exact) mass is 348 g/mol. The Balaban J connectivity index is 3.05. The van der Waals surface area contributed by atoms with Crippen LogP contribution < -0.4 is 10.6 Å². The van der Waals surface area contributed by atoms with Crippen LogP contribution in [-0.4, -0.2) is 21.8 Å². The second-order valence-corrected chi connectivity index (χ2v) is 8.43. The number of nitrogens with one attached hydrogen (secondary N) is 2. The molecule has 0 bridgehead atoms. The van der Waals surface area contributed by atoms with Gasteiger partial charge in [-0.1, -0.05) is 61.3 Å². The van der Waals surface area contributed by atoms with Gasteiger partial charge in [-0.05, 0) is 12.8 Å². The lowest BCUT2D eigenvalue weighted by molar-refractivity contribution is -0.123. The topological polar surface area (TPSA) is 84.0 Å². The molecule has 2 amide bonds. The molecule has 0 aliphatic rings. The van der Waals surface area contributed by atoms with Crippen molar-refractivity contribution in [1.82, 2.24) is 9.97 Å². The van der Waals surface area contributed by atoms with Crippen molar-refractivity contribution in [3.8, 4) is 0 Å². The van der Waals surface area contributed by atoms with Crippen molar-refractivity contribution in [2.75, 3.05) is 10.6 Å². The SMILES string of the molecule is CCCCCc1cc(NC(=O)C(C)(C)C)nc(NC(=O)C(C)(C)C)n1. The normalized spacial score (nSPS) is 12.0. The van der Waals surface area contributed by atoms with Gasteiger partial charge in [-0.25, -0.2) is 4.98 Å². The maximum absolute atomic E-state index is 12.2. The second kappa shape index (κ2) is 8.41. The number of aromatic nitrogens is 2. The summed E-state index contributed by atoms with van der Waals surface area (Å²) in [5.41, 5.74) is -0.254. The Hall–Kier alpha value is -1.98. The van der Waals surface area contributed by atoms with Crippen molar-refractivity contribution in [1.29, 1.82) is 0 Å². The third-order valence-corrected chi connectivity index (χ3v) is 3.64. The Morgan fingerprint density at radius 2 is 1.48 bits per heavy atom. The summed E-state index contributed by atoms with van der Waals surface area (Å²) in [4.78, 5) is 33.2. The molecule has 0 aliphatic carbocycles. The zero-order valence-electron chi connectivity index (χ0n) is 16.6. The van der Waals surface area contributed by atoms with Crippen LogP contribution in [0.15, 0.2) is 6.07 Å². The number of amides is 2. The van der Waals surface area contributed by atoms with Gasteiger partial charge in [-0.2, -0.15) is 4.98 Å². The molecule has 0 saturated carbocycles. The predicted molar refractivity (Wildman–Crippen MR) is 101 cm³/mol. The van der Waals surface area contributed by atoms with E-state index in [9.17, 15) is 9.59 Å². The van der Waals surface area contributed by atoms with E-state index in [-0.39, 0.29) is 17.8 Å². The van der Waals surface area contributed by atoms with Gasteiger partial charge in [0.05, 0.1) is 0 Å². The standard InChI is InChI=1S/C19H32N4O2/c1-8-9-10-11-13-12-14(21-15(24)18(2,3)4)22-17(20-13)23-16(25)19(5,6)7/h12H,8-11H2,1-7H3,(H2,20,21,22,23,24,25). The molecule has 1 aromatic heterocycles. The molecule has 1 heterocycles. The van der Waals surface area contributed by atoms with Crippen LogP contribution in [0.25, 0.3) is 0 Å². The fraction of sp³-hybridized carbons (Fsp3) is 0.684. The first kappa shape index (κ1) is 21.1. The Bertz CT molecular complexity index is 567. The Kier molecular flexibility index (Phi) is 7.08. The molecule has 0 spiro atoms. The smallest absolute Gasteiger partial charge is 0.232 e. The van der Waals surface area contributed by atoms with Gasteiger partial charge >= 0.3 is 0 Å². The third-order valence-electron chi connectivity index (χ3n) is 3.64. The molecule has 0 saturated heterocycles. The van der Waals surface area contributed by atoms with Crippen molar-refractivity contribution >= 4 is 23.6 Å². The van der Waals surface area contributed by atoms with Crippen LogP contribution in [-0.2, 0) is 16.0 Å². The summed E-state index contributed by atoms with van der Waals surface area (Å²) in [5, 5.41) is 5.58. The number of carbonyl (C=O) groups is 2. The van der Waals surface area contributed by atoms with Crippen LogP contribution in [0.3, 0.4) is 0 Å². The van der Waals surface area contributed by atoms with Gasteiger partial charge in [0.2, 0.25) is 17.8 Å². The highest BCUT2D eigenvalue weighted by molar-refractivity contribution is 5.95. The van der Waals surface area contributed by atoms with E-state index >= 15 is 0 Å². The van der Waals surface area contributed by atoms with Gasteiger partial charge in [0.25, 0.3) is 0 Å². The molecule has 1 rings (SSSR count). The van der Waals surface area contributed by atoms with Crippen molar-refractivity contribution in [2.24, 2.45) is 10.8 Å². The predicted octanol–water partition coefficient (Wildman–Crippen LogP) is 4.18. The lowest BCUT2D eigenvalue weighted by atomic mass is 9.96. The molecule has 0 aliphatic heterocycles. The highest BCUT2D eigenvalue weighted by Gasteiger charge is 2.24. The Labute approximate surface area is 151 Å². The van der Waals surface area contributed by atoms with E-state index in [4.69, 9.17) is 0 Å². The lowest BCUT2D eigenvalue weighted by Crippen LogP contribution is -2.30. The summed E-state index contributed by atoms with van der Waals surface area (Å²) in [7, 11) is 0. The van der Waals surface area contributed by atoms with Gasteiger partial charge in [0.15, 0.2) is 0 Å². The van der Waals surface area contributed by atoms with Crippen molar-refractivity contribution in [3.05, 3.63) is 11.8 Å². The van der Waals surface area contributed by atoms with Crippen LogP contribution in [0.4, 0.5) is 11.8 Å². The van der Waals surface area contributed by atoms with E-state index in [1.54, 1.807) is 6.07 Å². The number of carbonyl (C=O) groups excluding carboxylic acids is 2. The van der Waals surface area contributed by atoms with E-state index in [2.05, 4.69) is 27.5 Å². The molecule has 140 valence electrons. The van der Waals surface area contributed by atoms with Gasteiger partial charge in [0.1, 0.15) is 5.82 Å². The second-order valence-electron chi connectivity index (χ2n) is 8.43. The van der Waals surface area contributed by atoms with Gasteiger partial charge < -0.3 is 5.32 Å². The van der Waals surface area contributed by atoms with Crippen LogP contribution in [0.5, 0.6) is 0 Å². The van der Waals surface area contributed by atoms with Crippen molar-refractivity contribution in [3.63, 3.8) is 0 Å². The average molecular weight is 348 g/mol. The first-order chi connectivity index (χ1) is 11.4. The maximum atomic E-state index is 12.2. The maximum Gasteiger partial charge on any atom is 0.232 e. The molecular formula is C19H32N4O2. The molecular weight excluding hydrogens is 316 g/mol. The van der Waals surface area contributed by atoms with Crippen LogP contribution in [0.2, 0.25) is 0 Å². The summed E-state index contributed by atoms with van der Waals surface area (Å²) in [5.74, 6) is 0.369. The number of hydrogen-bond donors (Lipinski definition) is 2. The molecule has 6 nitrogen and oxygen atoms in total. The van der Waals surface area contributed by atoms with E-state index < -0.39 is 10.8 Å². The summed E-state index contributed by atoms with van der Waals surface area (Å²) >= 11 is 0. The fourth-order valence-electron chi connectivity index (χ4n) is 1.89. The summed E-state index contributed by atoms with van der Waals surface area (Å²) in [6.07, 6.45) is 4.02. The molecule has 1 aromatic rings. The largest absolute Gasteiger partial charge is 0.310 e. The number of anilines is 2. The number of unbranched alkanes of at least 4 members (excludes halogenated alkanes) is 2. The zero-order valence-corrected chi connectivity index (χ0v) is 16.6. The first-order valence-corrected chi connectivity index (χ1v) is 8.94.